The van der Waals surface area contributed by atoms with Crippen LogP contribution in [-0.2, 0) is 0 Å². The normalized spacial score (nSPS) is 20.6. The zero-order valence-electron chi connectivity index (χ0n) is 12.9. The molecule has 0 N–H and O–H groups in total. The first-order chi connectivity index (χ1) is 11.2. The lowest BCUT2D eigenvalue weighted by atomic mass is 9.76. The summed E-state index contributed by atoms with van der Waals surface area (Å²) in [5.41, 5.74) is 4.18. The maximum absolute atomic E-state index is 9.59. The Kier molecular flexibility index (Phi) is 4.10. The molecule has 3 nitrogen and oxygen atoms in total. The van der Waals surface area contributed by atoms with Crippen LogP contribution in [0, 0.1) is 28.6 Å². The molecule has 1 aliphatic heterocycles. The number of nitriles is 2. The van der Waals surface area contributed by atoms with Gasteiger partial charge < -0.3 is 0 Å². The average Bonchev–Trinajstić information content (AvgIpc) is 3.09. The Bertz CT molecular complexity index is 876. The van der Waals surface area contributed by atoms with E-state index in [2.05, 4.69) is 35.3 Å². The number of nitrogens with zero attached hydrogens (tertiary/aromatic N) is 3. The lowest BCUT2D eigenvalue weighted by Gasteiger charge is -2.27. The molecule has 2 aromatic rings. The molecule has 0 spiro atoms. The quantitative estimate of drug-likeness (QED) is 0.790. The van der Waals surface area contributed by atoms with Crippen LogP contribution in [0.25, 0.3) is 10.4 Å². The third-order valence-electron chi connectivity index (χ3n) is 4.14. The Labute approximate surface area is 139 Å². The van der Waals surface area contributed by atoms with Crippen molar-refractivity contribution in [1.82, 2.24) is 0 Å². The second-order valence-electron chi connectivity index (χ2n) is 5.55. The molecule has 0 fully saturated rings. The molecule has 0 radical (unpaired) electrons. The highest BCUT2D eigenvalue weighted by Crippen LogP contribution is 2.39. The monoisotopic (exact) mass is 317 g/mol. The van der Waals surface area contributed by atoms with Gasteiger partial charge in [-0.25, -0.2) is 0 Å². The van der Waals surface area contributed by atoms with E-state index in [0.717, 1.165) is 16.8 Å². The van der Waals surface area contributed by atoms with Crippen molar-refractivity contribution in [2.24, 2.45) is 10.9 Å². The fourth-order valence-electron chi connectivity index (χ4n) is 3.03. The summed E-state index contributed by atoms with van der Waals surface area (Å²) in [6, 6.07) is 16.8. The van der Waals surface area contributed by atoms with Crippen LogP contribution < -0.4 is 0 Å². The minimum Gasteiger partial charge on any atom is -0.260 e. The SMILES string of the molecule is CC1=NC(C)=C(C#N)C(c2cccc(-c3cccs3)c2)C1C#N. The molecule has 2 atom stereocenters. The van der Waals surface area contributed by atoms with Crippen LogP contribution in [0.15, 0.2) is 58.0 Å². The first-order valence-electron chi connectivity index (χ1n) is 7.35. The number of aliphatic imine (C=N–C) groups is 1. The standard InChI is InChI=1S/C19H15N3S/c1-12-16(10-20)19(17(11-21)13(2)22-12)15-6-3-5-14(9-15)18-7-4-8-23-18/h3-9,16,19H,1-2H3. The van der Waals surface area contributed by atoms with E-state index in [0.29, 0.717) is 11.3 Å². The molecule has 0 amide bonds. The summed E-state index contributed by atoms with van der Waals surface area (Å²) in [7, 11) is 0. The van der Waals surface area contributed by atoms with Gasteiger partial charge in [-0.2, -0.15) is 10.5 Å². The zero-order chi connectivity index (χ0) is 16.4. The van der Waals surface area contributed by atoms with E-state index in [1.165, 1.54) is 4.88 Å². The molecule has 0 aliphatic carbocycles. The number of allylic oxidation sites excluding steroid dienone is 2. The van der Waals surface area contributed by atoms with Crippen LogP contribution in [-0.4, -0.2) is 5.71 Å². The highest BCUT2D eigenvalue weighted by molar-refractivity contribution is 7.13. The number of hydrogen-bond donors (Lipinski definition) is 0. The van der Waals surface area contributed by atoms with Crippen LogP contribution in [0.5, 0.6) is 0 Å². The summed E-state index contributed by atoms with van der Waals surface area (Å²) >= 11 is 1.68. The average molecular weight is 317 g/mol. The predicted octanol–water partition coefficient (Wildman–Crippen LogP) is 4.91. The van der Waals surface area contributed by atoms with Gasteiger partial charge in [0.05, 0.1) is 29.3 Å². The molecule has 23 heavy (non-hydrogen) atoms. The number of thiophene rings is 1. The number of benzene rings is 1. The van der Waals surface area contributed by atoms with E-state index in [-0.39, 0.29) is 5.92 Å². The van der Waals surface area contributed by atoms with Crippen LogP contribution in [0.1, 0.15) is 25.3 Å². The molecule has 112 valence electrons. The van der Waals surface area contributed by atoms with Crippen molar-refractivity contribution in [3.05, 3.63) is 58.6 Å². The lowest BCUT2D eigenvalue weighted by molar-refractivity contribution is 0.704. The minimum absolute atomic E-state index is 0.248. The number of rotatable bonds is 2. The van der Waals surface area contributed by atoms with Gasteiger partial charge in [0.2, 0.25) is 0 Å². The second kappa shape index (κ2) is 6.20. The van der Waals surface area contributed by atoms with Crippen LogP contribution in [0.4, 0.5) is 0 Å². The number of hydrogen-bond acceptors (Lipinski definition) is 4. The molecule has 2 heterocycles. The van der Waals surface area contributed by atoms with E-state index in [9.17, 15) is 10.5 Å². The largest absolute Gasteiger partial charge is 0.260 e. The highest BCUT2D eigenvalue weighted by Gasteiger charge is 2.33. The van der Waals surface area contributed by atoms with Gasteiger partial charge >= 0.3 is 0 Å². The summed E-state index contributed by atoms with van der Waals surface area (Å²) < 4.78 is 0. The second-order valence-corrected chi connectivity index (χ2v) is 6.50. The highest BCUT2D eigenvalue weighted by atomic mass is 32.1. The summed E-state index contributed by atoms with van der Waals surface area (Å²) in [5.74, 6) is -0.644. The molecule has 1 aliphatic rings. The van der Waals surface area contributed by atoms with Gasteiger partial charge in [-0.3, -0.25) is 4.99 Å². The summed E-state index contributed by atoms with van der Waals surface area (Å²) in [5, 5.41) is 21.2. The minimum atomic E-state index is -0.396. The topological polar surface area (TPSA) is 59.9 Å². The molecule has 0 saturated carbocycles. The van der Waals surface area contributed by atoms with Crippen LogP contribution >= 0.6 is 11.3 Å². The van der Waals surface area contributed by atoms with E-state index < -0.39 is 5.92 Å². The summed E-state index contributed by atoms with van der Waals surface area (Å²) in [4.78, 5) is 5.57. The Balaban J connectivity index is 2.13. The molecular weight excluding hydrogens is 302 g/mol. The Morgan fingerprint density at radius 3 is 2.61 bits per heavy atom. The fraction of sp³-hybridized carbons (Fsp3) is 0.211. The Hall–Kier alpha value is -2.69. The molecule has 1 aromatic carbocycles. The van der Waals surface area contributed by atoms with Gasteiger partial charge in [0.15, 0.2) is 0 Å². The van der Waals surface area contributed by atoms with Gasteiger partial charge in [0.25, 0.3) is 0 Å². The van der Waals surface area contributed by atoms with E-state index >= 15 is 0 Å². The van der Waals surface area contributed by atoms with Crippen molar-refractivity contribution in [3.8, 4) is 22.6 Å². The maximum Gasteiger partial charge on any atom is 0.0973 e. The molecule has 0 bridgehead atoms. The third-order valence-corrected chi connectivity index (χ3v) is 5.06. The first-order valence-corrected chi connectivity index (χ1v) is 8.23. The van der Waals surface area contributed by atoms with Crippen molar-refractivity contribution < 1.29 is 0 Å². The first kappa shape index (κ1) is 15.2. The van der Waals surface area contributed by atoms with Gasteiger partial charge in [-0.15, -0.1) is 11.3 Å². The Morgan fingerprint density at radius 1 is 1.13 bits per heavy atom. The van der Waals surface area contributed by atoms with E-state index in [1.54, 1.807) is 11.3 Å². The zero-order valence-corrected chi connectivity index (χ0v) is 13.8. The molecule has 2 unspecified atom stereocenters. The van der Waals surface area contributed by atoms with Crippen LogP contribution in [0.3, 0.4) is 0 Å². The van der Waals surface area contributed by atoms with Crippen molar-refractivity contribution in [2.45, 2.75) is 19.8 Å². The van der Waals surface area contributed by atoms with Gasteiger partial charge in [0, 0.05) is 16.5 Å². The van der Waals surface area contributed by atoms with Gasteiger partial charge in [-0.1, -0.05) is 24.3 Å². The predicted molar refractivity (Wildman–Crippen MR) is 93.0 cm³/mol. The lowest BCUT2D eigenvalue weighted by Crippen LogP contribution is -2.24. The molecular formula is C19H15N3S. The molecule has 3 rings (SSSR count). The summed E-state index contributed by atoms with van der Waals surface area (Å²) in [6.45, 7) is 3.70. The molecule has 1 aromatic heterocycles. The smallest absolute Gasteiger partial charge is 0.0973 e. The maximum atomic E-state index is 9.59. The van der Waals surface area contributed by atoms with Crippen molar-refractivity contribution in [3.63, 3.8) is 0 Å². The third kappa shape index (κ3) is 2.70. The molecule has 0 saturated heterocycles. The van der Waals surface area contributed by atoms with Gasteiger partial charge in [-0.05, 0) is 42.5 Å². The molecule has 4 heteroatoms. The Morgan fingerprint density at radius 2 is 1.96 bits per heavy atom. The van der Waals surface area contributed by atoms with E-state index in [1.807, 2.05) is 37.4 Å². The van der Waals surface area contributed by atoms with Gasteiger partial charge in [0.1, 0.15) is 0 Å². The van der Waals surface area contributed by atoms with E-state index in [4.69, 9.17) is 0 Å². The van der Waals surface area contributed by atoms with Crippen molar-refractivity contribution >= 4 is 17.0 Å². The summed E-state index contributed by atoms with van der Waals surface area (Å²) in [6.07, 6.45) is 0. The van der Waals surface area contributed by atoms with Crippen molar-refractivity contribution in [2.75, 3.05) is 0 Å². The van der Waals surface area contributed by atoms with Crippen molar-refractivity contribution in [1.29, 1.82) is 10.5 Å². The van der Waals surface area contributed by atoms with Crippen LogP contribution in [0.2, 0.25) is 0 Å². The fourth-order valence-corrected chi connectivity index (χ4v) is 3.76.